The summed E-state index contributed by atoms with van der Waals surface area (Å²) in [6.45, 7) is 8.12. The van der Waals surface area contributed by atoms with Crippen molar-refractivity contribution >= 4 is 91.1 Å². The van der Waals surface area contributed by atoms with Crippen LogP contribution in [0.5, 0.6) is 5.75 Å². The van der Waals surface area contributed by atoms with E-state index in [2.05, 4.69) is 25.8 Å². The molecule has 0 spiro atoms. The third-order valence-corrected chi connectivity index (χ3v) is 16.0. The fourth-order valence-corrected chi connectivity index (χ4v) is 12.3. The van der Waals surface area contributed by atoms with Crippen LogP contribution in [-0.2, 0) is 45.6 Å². The van der Waals surface area contributed by atoms with Gasteiger partial charge in [0.2, 0.25) is 5.60 Å². The zero-order chi connectivity index (χ0) is 51.3. The first-order chi connectivity index (χ1) is 35.1. The molecule has 7 aromatic rings. The van der Waals surface area contributed by atoms with Gasteiger partial charge in [-0.2, -0.15) is 0 Å². The van der Waals surface area contributed by atoms with Crippen LogP contribution in [0.2, 0.25) is 0 Å². The van der Waals surface area contributed by atoms with Crippen molar-refractivity contribution in [3.63, 3.8) is 0 Å². The van der Waals surface area contributed by atoms with E-state index in [0.717, 1.165) is 31.3 Å². The first-order valence-corrected chi connectivity index (χ1v) is 26.9. The minimum Gasteiger partial charge on any atom is -0.497 e. The van der Waals surface area contributed by atoms with Crippen LogP contribution in [0.4, 0.5) is 5.13 Å². The van der Waals surface area contributed by atoms with Crippen LogP contribution in [0.15, 0.2) is 160 Å². The van der Waals surface area contributed by atoms with Gasteiger partial charge in [0.05, 0.1) is 11.8 Å². The van der Waals surface area contributed by atoms with Crippen molar-refractivity contribution in [1.82, 2.24) is 25.2 Å². The van der Waals surface area contributed by atoms with Gasteiger partial charge in [-0.3, -0.25) is 14.5 Å². The molecule has 19 heteroatoms. The van der Waals surface area contributed by atoms with Gasteiger partial charge in [-0.1, -0.05) is 120 Å². The molecule has 0 bridgehead atoms. The number of nitrogens with zero attached hydrogens (tertiary/aromatic N) is 5. The highest BCUT2D eigenvalue weighted by molar-refractivity contribution is 8.02. The maximum Gasteiger partial charge on any atom is 0.355 e. The SMILES string of the molecule is COc1ccc(COC(=O)C2=C(CSc3nc4ncccc4s3)CS[C@@H]3C(NC(=O)/C(=N/OC(C)(C)C(=O)OC(C)(C)C)c4csc(NC(c5ccccc5)(c5ccccc5)c5ccccc5)n4)C(=O)N23)cc1. The predicted molar refractivity (Wildman–Crippen MR) is 285 cm³/mol. The summed E-state index contributed by atoms with van der Waals surface area (Å²) < 4.78 is 18.5. The van der Waals surface area contributed by atoms with Crippen LogP contribution in [-0.4, -0.2) is 90.5 Å². The summed E-state index contributed by atoms with van der Waals surface area (Å²) in [5.41, 5.74) is 1.33. The number of hydrogen-bond acceptors (Lipinski definition) is 17. The molecule has 1 unspecified atom stereocenters. The van der Waals surface area contributed by atoms with Gasteiger partial charge in [0, 0.05) is 23.1 Å². The van der Waals surface area contributed by atoms with Gasteiger partial charge in [0.15, 0.2) is 20.8 Å². The zero-order valence-corrected chi connectivity index (χ0v) is 44.0. The minimum absolute atomic E-state index is 0.0522. The molecule has 374 valence electrons. The number of β-lactam (4-membered cyclic amide) rings is 1. The maximum atomic E-state index is 14.8. The van der Waals surface area contributed by atoms with Crippen LogP contribution < -0.4 is 15.4 Å². The Labute approximate surface area is 438 Å². The van der Waals surface area contributed by atoms with E-state index in [1.807, 2.05) is 103 Å². The summed E-state index contributed by atoms with van der Waals surface area (Å²) in [5.74, 6) is -1.36. The molecule has 2 aliphatic rings. The topological polar surface area (TPSA) is 184 Å². The molecule has 9 rings (SSSR count). The predicted octanol–water partition coefficient (Wildman–Crippen LogP) is 9.59. The first kappa shape index (κ1) is 50.9. The number of pyridine rings is 1. The summed E-state index contributed by atoms with van der Waals surface area (Å²) in [5, 5.41) is 12.3. The number of ether oxygens (including phenoxy) is 3. The summed E-state index contributed by atoms with van der Waals surface area (Å²) >= 11 is 5.58. The van der Waals surface area contributed by atoms with Gasteiger partial charge in [-0.05, 0) is 86.7 Å². The molecule has 0 radical (unpaired) electrons. The second-order valence-electron chi connectivity index (χ2n) is 18.4. The smallest absolute Gasteiger partial charge is 0.355 e. The molecule has 2 aliphatic heterocycles. The van der Waals surface area contributed by atoms with E-state index in [4.69, 9.17) is 24.0 Å². The van der Waals surface area contributed by atoms with E-state index < -0.39 is 51.9 Å². The number of oxime groups is 1. The van der Waals surface area contributed by atoms with Gasteiger partial charge in [0.1, 0.15) is 46.3 Å². The van der Waals surface area contributed by atoms with E-state index in [0.29, 0.717) is 33.6 Å². The molecule has 0 aliphatic carbocycles. The Balaban J connectivity index is 1.02. The highest BCUT2D eigenvalue weighted by Crippen LogP contribution is 2.44. The standard InChI is InChI=1S/C54H51N7O8S4/c1-52(2,3)68-49(65)53(4,5)69-60-41(39-32-71-50(56-39)59-54(35-17-10-7-11-18-35,36-19-12-8-13-20-36)37-21-14-9-15-22-37)45(62)57-42-46(63)61-43(48(64)67-29-33-24-26-38(66-6)27-25-33)34(30-70-47(42)61)31-72-51-58-44-40(73-51)23-16-28-55-44/h7-28,32,42,47H,29-31H2,1-6H3,(H,56,59)(H,57,62)/b60-41+/t42?,47-/m1/s1. The van der Waals surface area contributed by atoms with Gasteiger partial charge < -0.3 is 29.7 Å². The van der Waals surface area contributed by atoms with Crippen molar-refractivity contribution in [3.05, 3.63) is 178 Å². The number of carbonyl (C=O) groups is 4. The Kier molecular flexibility index (Phi) is 15.0. The van der Waals surface area contributed by atoms with Crippen molar-refractivity contribution in [1.29, 1.82) is 0 Å². The average molecular weight is 1050 g/mol. The number of anilines is 1. The van der Waals surface area contributed by atoms with Crippen LogP contribution in [0.25, 0.3) is 10.3 Å². The fourth-order valence-electron chi connectivity index (χ4n) is 8.07. The average Bonchev–Trinajstić information content (AvgIpc) is 4.05. The lowest BCUT2D eigenvalue weighted by molar-refractivity contribution is -0.179. The van der Waals surface area contributed by atoms with Gasteiger partial charge in [0.25, 0.3) is 11.8 Å². The largest absolute Gasteiger partial charge is 0.497 e. The lowest BCUT2D eigenvalue weighted by atomic mass is 9.77. The zero-order valence-electron chi connectivity index (χ0n) is 40.7. The number of carbonyl (C=O) groups excluding carboxylic acids is 4. The molecular weight excluding hydrogens is 1000 g/mol. The van der Waals surface area contributed by atoms with Crippen molar-refractivity contribution in [2.45, 2.75) is 73.7 Å². The number of thioether (sulfide) groups is 2. The third-order valence-electron chi connectivity index (χ3n) is 11.7. The Morgan fingerprint density at radius 1 is 0.836 bits per heavy atom. The molecule has 2 atom stereocenters. The lowest BCUT2D eigenvalue weighted by Crippen LogP contribution is -2.71. The second-order valence-corrected chi connectivity index (χ2v) is 22.6. The van der Waals surface area contributed by atoms with Crippen molar-refractivity contribution in [3.8, 4) is 5.75 Å². The lowest BCUT2D eigenvalue weighted by Gasteiger charge is -2.49. The van der Waals surface area contributed by atoms with Crippen molar-refractivity contribution in [2.75, 3.05) is 23.9 Å². The number of nitrogens with one attached hydrogen (secondary N) is 2. The summed E-state index contributed by atoms with van der Waals surface area (Å²) in [6.07, 6.45) is 1.69. The molecular formula is C54H51N7O8S4. The third kappa shape index (κ3) is 11.1. The first-order valence-electron chi connectivity index (χ1n) is 23.2. The van der Waals surface area contributed by atoms with Gasteiger partial charge >= 0.3 is 11.9 Å². The Morgan fingerprint density at radius 3 is 2.08 bits per heavy atom. The summed E-state index contributed by atoms with van der Waals surface area (Å²) in [7, 11) is 1.57. The van der Waals surface area contributed by atoms with Crippen LogP contribution >= 0.6 is 46.2 Å². The number of amides is 2. The number of aromatic nitrogens is 3. The summed E-state index contributed by atoms with van der Waals surface area (Å²) in [4.78, 5) is 78.0. The highest BCUT2D eigenvalue weighted by Gasteiger charge is 2.55. The minimum atomic E-state index is -1.65. The van der Waals surface area contributed by atoms with E-state index in [1.54, 1.807) is 63.7 Å². The molecule has 15 nitrogen and oxygen atoms in total. The maximum absolute atomic E-state index is 14.8. The Hall–Kier alpha value is -7.06. The number of methoxy groups -OCH3 is 1. The Bertz CT molecular complexity index is 3070. The molecule has 5 heterocycles. The molecule has 2 N–H and O–H groups in total. The normalized spacial score (nSPS) is 16.1. The van der Waals surface area contributed by atoms with E-state index in [-0.39, 0.29) is 23.7 Å². The van der Waals surface area contributed by atoms with Gasteiger partial charge in [-0.25, -0.2) is 24.5 Å². The van der Waals surface area contributed by atoms with E-state index in [9.17, 15) is 19.2 Å². The van der Waals surface area contributed by atoms with Gasteiger partial charge in [-0.15, -0.1) is 34.4 Å². The summed E-state index contributed by atoms with van der Waals surface area (Å²) in [6, 6.07) is 39.8. The fraction of sp³-hybridized carbons (Fsp3) is 0.259. The van der Waals surface area contributed by atoms with E-state index in [1.165, 1.54) is 64.9 Å². The van der Waals surface area contributed by atoms with E-state index >= 15 is 0 Å². The highest BCUT2D eigenvalue weighted by atomic mass is 32.2. The monoisotopic (exact) mass is 1050 g/mol. The molecule has 4 aromatic carbocycles. The number of benzene rings is 4. The molecule has 0 saturated carbocycles. The molecule has 3 aromatic heterocycles. The molecule has 1 fully saturated rings. The van der Waals surface area contributed by atoms with Crippen LogP contribution in [0.1, 0.15) is 62.6 Å². The number of thiazole rings is 2. The molecule has 73 heavy (non-hydrogen) atoms. The number of fused-ring (bicyclic) bond motifs is 2. The Morgan fingerprint density at radius 2 is 1.48 bits per heavy atom. The molecule has 1 saturated heterocycles. The van der Waals surface area contributed by atoms with Crippen molar-refractivity contribution in [2.24, 2.45) is 5.16 Å². The second kappa shape index (κ2) is 21.6. The quantitative estimate of drug-likeness (QED) is 0.0207. The number of hydrogen-bond donors (Lipinski definition) is 2. The van der Waals surface area contributed by atoms with Crippen LogP contribution in [0.3, 0.4) is 0 Å². The molecule has 2 amide bonds. The van der Waals surface area contributed by atoms with Crippen molar-refractivity contribution < 1.29 is 38.2 Å². The number of esters is 2. The van der Waals surface area contributed by atoms with Crippen LogP contribution in [0, 0.1) is 0 Å². The number of rotatable bonds is 18.